The molecule has 0 bridgehead atoms. The number of aliphatic hydroxyl groups is 2. The fourth-order valence-corrected chi connectivity index (χ4v) is 2.65. The molecule has 0 aromatic heterocycles. The fourth-order valence-electron chi connectivity index (χ4n) is 2.65. The molecule has 0 aromatic rings. The number of amides is 1. The zero-order valence-electron chi connectivity index (χ0n) is 13.8. The number of hydrogen-bond donors (Lipinski definition) is 3. The van der Waals surface area contributed by atoms with Crippen molar-refractivity contribution in [3.8, 4) is 0 Å². The Bertz CT molecular complexity index is 276. The predicted octanol–water partition coefficient (Wildman–Crippen LogP) is 0.229. The van der Waals surface area contributed by atoms with E-state index < -0.39 is 6.10 Å². The van der Waals surface area contributed by atoms with Crippen LogP contribution in [-0.4, -0.2) is 73.6 Å². The quantitative estimate of drug-likeness (QED) is 0.695. The minimum absolute atomic E-state index is 0.0228. The van der Waals surface area contributed by atoms with Crippen LogP contribution in [0.1, 0.15) is 33.1 Å². The van der Waals surface area contributed by atoms with Gasteiger partial charge in [-0.1, -0.05) is 13.8 Å². The lowest BCUT2D eigenvalue weighted by atomic mass is 10.0. The van der Waals surface area contributed by atoms with Crippen molar-refractivity contribution in [2.24, 2.45) is 5.92 Å². The molecule has 1 amide bonds. The molecule has 2 aliphatic rings. The van der Waals surface area contributed by atoms with Crippen LogP contribution < -0.4 is 5.32 Å². The second-order valence-corrected chi connectivity index (χ2v) is 5.31. The lowest BCUT2D eigenvalue weighted by molar-refractivity contribution is -0.124. The summed E-state index contributed by atoms with van der Waals surface area (Å²) in [4.78, 5) is 14.1. The van der Waals surface area contributed by atoms with E-state index >= 15 is 0 Å². The average molecular weight is 304 g/mol. The number of ether oxygens (including phenoxy) is 1. The summed E-state index contributed by atoms with van der Waals surface area (Å²) in [6.45, 7) is 7.01. The van der Waals surface area contributed by atoms with Gasteiger partial charge in [0.2, 0.25) is 5.91 Å². The molecule has 3 N–H and O–H groups in total. The third kappa shape index (κ3) is 8.36. The maximum absolute atomic E-state index is 11.8. The number of rotatable bonds is 3. The van der Waals surface area contributed by atoms with Gasteiger partial charge in [-0.3, -0.25) is 4.79 Å². The van der Waals surface area contributed by atoms with E-state index in [0.717, 1.165) is 26.6 Å². The molecule has 0 saturated carbocycles. The molecule has 21 heavy (non-hydrogen) atoms. The average Bonchev–Trinajstić information content (AvgIpc) is 2.88. The summed E-state index contributed by atoms with van der Waals surface area (Å²) in [6.07, 6.45) is 1.87. The van der Waals surface area contributed by atoms with Gasteiger partial charge in [0, 0.05) is 20.1 Å². The zero-order chi connectivity index (χ0) is 16.3. The maximum atomic E-state index is 11.8. The topological polar surface area (TPSA) is 82.0 Å². The Morgan fingerprint density at radius 1 is 1.33 bits per heavy atom. The largest absolute Gasteiger partial charge is 0.400 e. The van der Waals surface area contributed by atoms with Crippen LogP contribution in [0.4, 0.5) is 0 Å². The number of nitrogens with one attached hydrogen (secondary N) is 1. The minimum atomic E-state index is -0.438. The molecular weight excluding hydrogens is 272 g/mol. The fraction of sp³-hybridized carbons (Fsp3) is 0.933. The molecule has 6 heteroatoms. The van der Waals surface area contributed by atoms with Gasteiger partial charge in [-0.05, 0) is 32.4 Å². The molecule has 0 aliphatic carbocycles. The number of carbonyl (C=O) groups is 1. The van der Waals surface area contributed by atoms with E-state index in [1.54, 1.807) is 0 Å². The van der Waals surface area contributed by atoms with Crippen molar-refractivity contribution < 1.29 is 19.7 Å². The van der Waals surface area contributed by atoms with Crippen LogP contribution in [0.15, 0.2) is 0 Å². The Kier molecular flexibility index (Phi) is 11.5. The predicted molar refractivity (Wildman–Crippen MR) is 83.1 cm³/mol. The summed E-state index contributed by atoms with van der Waals surface area (Å²) in [7, 11) is 3.09. The van der Waals surface area contributed by atoms with E-state index in [4.69, 9.17) is 9.84 Å². The number of hydrogen-bond acceptors (Lipinski definition) is 5. The normalized spacial score (nSPS) is 28.8. The van der Waals surface area contributed by atoms with Gasteiger partial charge in [-0.15, -0.1) is 0 Å². The van der Waals surface area contributed by atoms with Gasteiger partial charge in [-0.2, -0.15) is 0 Å². The van der Waals surface area contributed by atoms with Crippen molar-refractivity contribution in [3.63, 3.8) is 0 Å². The van der Waals surface area contributed by atoms with Crippen molar-refractivity contribution in [2.45, 2.75) is 45.3 Å². The Balaban J connectivity index is 0.000000921. The van der Waals surface area contributed by atoms with E-state index in [2.05, 4.69) is 17.3 Å². The minimum Gasteiger partial charge on any atom is -0.400 e. The van der Waals surface area contributed by atoms with Crippen LogP contribution in [0.2, 0.25) is 0 Å². The first-order valence-electron chi connectivity index (χ1n) is 7.82. The maximum Gasteiger partial charge on any atom is 0.220 e. The van der Waals surface area contributed by atoms with Crippen LogP contribution in [0, 0.1) is 5.92 Å². The second kappa shape index (κ2) is 11.9. The van der Waals surface area contributed by atoms with Gasteiger partial charge in [0.15, 0.2) is 0 Å². The van der Waals surface area contributed by atoms with Gasteiger partial charge < -0.3 is 25.2 Å². The summed E-state index contributed by atoms with van der Waals surface area (Å²) in [5.41, 5.74) is 0. The van der Waals surface area contributed by atoms with Crippen molar-refractivity contribution in [2.75, 3.05) is 40.5 Å². The van der Waals surface area contributed by atoms with E-state index in [9.17, 15) is 9.90 Å². The standard InChI is InChI=1S/C12H22N2O3.C2H6.CH4O/c1-14-3-2-9(6-14)4-12(16)13-10-5-11(15)8-17-7-10;2*1-2/h9-11,15H,2-8H2,1H3,(H,13,16);1-2H3;2H,1H3. The van der Waals surface area contributed by atoms with Gasteiger partial charge in [0.25, 0.3) is 0 Å². The molecule has 126 valence electrons. The lowest BCUT2D eigenvalue weighted by Gasteiger charge is -2.27. The van der Waals surface area contributed by atoms with E-state index in [1.807, 2.05) is 13.8 Å². The van der Waals surface area contributed by atoms with Crippen LogP contribution in [0.3, 0.4) is 0 Å². The lowest BCUT2D eigenvalue weighted by Crippen LogP contribution is -2.45. The van der Waals surface area contributed by atoms with Crippen LogP contribution in [0.5, 0.6) is 0 Å². The number of likely N-dealkylation sites (tertiary alicyclic amines) is 1. The first-order valence-corrected chi connectivity index (χ1v) is 7.82. The van der Waals surface area contributed by atoms with E-state index in [0.29, 0.717) is 32.0 Å². The first kappa shape index (κ1) is 20.3. The number of carbonyl (C=O) groups excluding carboxylic acids is 1. The van der Waals surface area contributed by atoms with Crippen molar-refractivity contribution in [1.82, 2.24) is 10.2 Å². The SMILES string of the molecule is CC.CN1CCC(CC(=O)NC2COCC(O)C2)C1.CO. The molecule has 0 radical (unpaired) electrons. The Morgan fingerprint density at radius 3 is 2.52 bits per heavy atom. The summed E-state index contributed by atoms with van der Waals surface area (Å²) in [5.74, 6) is 0.572. The Labute approximate surface area is 128 Å². The van der Waals surface area contributed by atoms with Gasteiger partial charge in [-0.25, -0.2) is 0 Å². The van der Waals surface area contributed by atoms with E-state index in [-0.39, 0.29) is 11.9 Å². The third-order valence-corrected chi connectivity index (χ3v) is 3.51. The highest BCUT2D eigenvalue weighted by Gasteiger charge is 2.25. The number of aliphatic hydroxyl groups excluding tert-OH is 2. The smallest absolute Gasteiger partial charge is 0.220 e. The highest BCUT2D eigenvalue weighted by atomic mass is 16.5. The van der Waals surface area contributed by atoms with Gasteiger partial charge >= 0.3 is 0 Å². The highest BCUT2D eigenvalue weighted by Crippen LogP contribution is 2.18. The summed E-state index contributed by atoms with van der Waals surface area (Å²) in [6, 6.07) is -0.0228. The van der Waals surface area contributed by atoms with Crippen molar-refractivity contribution >= 4 is 5.91 Å². The van der Waals surface area contributed by atoms with Crippen molar-refractivity contribution in [3.05, 3.63) is 0 Å². The molecule has 2 aliphatic heterocycles. The molecule has 3 unspecified atom stereocenters. The molecular formula is C15H32N2O4. The van der Waals surface area contributed by atoms with Crippen LogP contribution in [0.25, 0.3) is 0 Å². The molecule has 2 fully saturated rings. The molecule has 2 heterocycles. The first-order chi connectivity index (χ1) is 10.1. The second-order valence-electron chi connectivity index (χ2n) is 5.31. The van der Waals surface area contributed by atoms with Gasteiger partial charge in [0.1, 0.15) is 0 Å². The monoisotopic (exact) mass is 304 g/mol. The Morgan fingerprint density at radius 2 is 2.00 bits per heavy atom. The summed E-state index contributed by atoms with van der Waals surface area (Å²) >= 11 is 0. The molecule has 6 nitrogen and oxygen atoms in total. The highest BCUT2D eigenvalue weighted by molar-refractivity contribution is 5.76. The summed E-state index contributed by atoms with van der Waals surface area (Å²) < 4.78 is 5.21. The molecule has 0 spiro atoms. The molecule has 2 rings (SSSR count). The third-order valence-electron chi connectivity index (χ3n) is 3.51. The van der Waals surface area contributed by atoms with Crippen LogP contribution >= 0.6 is 0 Å². The molecule has 0 aromatic carbocycles. The van der Waals surface area contributed by atoms with Crippen molar-refractivity contribution in [1.29, 1.82) is 0 Å². The van der Waals surface area contributed by atoms with E-state index in [1.165, 1.54) is 0 Å². The number of nitrogens with zero attached hydrogens (tertiary/aromatic N) is 1. The molecule has 2 saturated heterocycles. The molecule has 3 atom stereocenters. The van der Waals surface area contributed by atoms with Crippen LogP contribution in [-0.2, 0) is 9.53 Å². The van der Waals surface area contributed by atoms with Gasteiger partial charge in [0.05, 0.1) is 25.4 Å². The summed E-state index contributed by atoms with van der Waals surface area (Å²) in [5, 5.41) is 19.4. The zero-order valence-corrected chi connectivity index (χ0v) is 13.8. The Hall–Kier alpha value is -0.690.